The van der Waals surface area contributed by atoms with Gasteiger partial charge in [0.25, 0.3) is 0 Å². The highest BCUT2D eigenvalue weighted by atomic mass is 32.2. The van der Waals surface area contributed by atoms with Crippen LogP contribution in [0.25, 0.3) is 0 Å². The van der Waals surface area contributed by atoms with Gasteiger partial charge in [-0.1, -0.05) is 6.07 Å². The Morgan fingerprint density at radius 3 is 2.37 bits per heavy atom. The van der Waals surface area contributed by atoms with Gasteiger partial charge in [-0.2, -0.15) is 4.31 Å². The Labute approximate surface area is 112 Å². The second-order valence-electron chi connectivity index (χ2n) is 4.41. The molecular formula is C12H16N2O4S. The van der Waals surface area contributed by atoms with E-state index in [9.17, 15) is 18.3 Å². The molecule has 0 aliphatic carbocycles. The van der Waals surface area contributed by atoms with E-state index < -0.39 is 10.0 Å². The topological polar surface area (TPSA) is 77.9 Å². The van der Waals surface area contributed by atoms with Crippen molar-refractivity contribution in [3.05, 3.63) is 24.3 Å². The highest BCUT2D eigenvalue weighted by Crippen LogP contribution is 2.21. The molecule has 1 N–H and O–H groups in total. The first-order chi connectivity index (χ1) is 8.91. The summed E-state index contributed by atoms with van der Waals surface area (Å²) in [6.45, 7) is 2.81. The Hall–Kier alpha value is -1.60. The van der Waals surface area contributed by atoms with E-state index in [-0.39, 0.29) is 29.6 Å². The molecule has 104 valence electrons. The molecule has 0 unspecified atom stereocenters. The van der Waals surface area contributed by atoms with Gasteiger partial charge < -0.3 is 10.0 Å². The van der Waals surface area contributed by atoms with E-state index in [1.165, 1.54) is 35.5 Å². The summed E-state index contributed by atoms with van der Waals surface area (Å²) in [7, 11) is -3.60. The standard InChI is InChI=1S/C12H16N2O4S/c1-10(15)13-5-7-14(8-6-13)19(17,18)12-4-2-3-11(16)9-12/h2-4,9,16H,5-8H2,1H3. The summed E-state index contributed by atoms with van der Waals surface area (Å²) in [5, 5.41) is 9.35. The molecule has 1 aliphatic heterocycles. The minimum absolute atomic E-state index is 0.0468. The van der Waals surface area contributed by atoms with Crippen molar-refractivity contribution < 1.29 is 18.3 Å². The second kappa shape index (κ2) is 5.18. The van der Waals surface area contributed by atoms with Crippen molar-refractivity contribution in [3.63, 3.8) is 0 Å². The van der Waals surface area contributed by atoms with Crippen LogP contribution in [-0.4, -0.2) is 54.8 Å². The number of aromatic hydroxyl groups is 1. The number of phenolic OH excluding ortho intramolecular Hbond substituents is 1. The van der Waals surface area contributed by atoms with Gasteiger partial charge in [0.2, 0.25) is 15.9 Å². The van der Waals surface area contributed by atoms with E-state index in [0.29, 0.717) is 13.1 Å². The summed E-state index contributed by atoms with van der Waals surface area (Å²) in [6.07, 6.45) is 0. The van der Waals surface area contributed by atoms with Crippen molar-refractivity contribution in [3.8, 4) is 5.75 Å². The third-order valence-electron chi connectivity index (χ3n) is 3.14. The quantitative estimate of drug-likeness (QED) is 0.844. The highest BCUT2D eigenvalue weighted by molar-refractivity contribution is 7.89. The largest absolute Gasteiger partial charge is 0.508 e. The summed E-state index contributed by atoms with van der Waals surface area (Å²) >= 11 is 0. The first-order valence-corrected chi connectivity index (χ1v) is 7.40. The van der Waals surface area contributed by atoms with Gasteiger partial charge in [-0.25, -0.2) is 8.42 Å². The average molecular weight is 284 g/mol. The molecule has 0 aromatic heterocycles. The van der Waals surface area contributed by atoms with Crippen molar-refractivity contribution in [2.75, 3.05) is 26.2 Å². The highest BCUT2D eigenvalue weighted by Gasteiger charge is 2.29. The van der Waals surface area contributed by atoms with E-state index in [1.54, 1.807) is 4.90 Å². The van der Waals surface area contributed by atoms with Crippen molar-refractivity contribution in [1.29, 1.82) is 0 Å². The van der Waals surface area contributed by atoms with E-state index in [4.69, 9.17) is 0 Å². The number of amides is 1. The summed E-state index contributed by atoms with van der Waals surface area (Å²) < 4.78 is 26.0. The third-order valence-corrected chi connectivity index (χ3v) is 5.03. The van der Waals surface area contributed by atoms with Crippen LogP contribution in [0.3, 0.4) is 0 Å². The second-order valence-corrected chi connectivity index (χ2v) is 6.35. The Morgan fingerprint density at radius 1 is 1.21 bits per heavy atom. The Morgan fingerprint density at radius 2 is 1.84 bits per heavy atom. The monoisotopic (exact) mass is 284 g/mol. The zero-order valence-electron chi connectivity index (χ0n) is 10.6. The van der Waals surface area contributed by atoms with Crippen molar-refractivity contribution >= 4 is 15.9 Å². The summed E-state index contributed by atoms with van der Waals surface area (Å²) in [5.41, 5.74) is 0. The number of nitrogens with zero attached hydrogens (tertiary/aromatic N) is 2. The lowest BCUT2D eigenvalue weighted by atomic mass is 10.3. The zero-order valence-corrected chi connectivity index (χ0v) is 11.4. The molecule has 1 heterocycles. The lowest BCUT2D eigenvalue weighted by molar-refractivity contribution is -0.129. The Kier molecular flexibility index (Phi) is 3.77. The first-order valence-electron chi connectivity index (χ1n) is 5.96. The molecule has 1 aromatic carbocycles. The van der Waals surface area contributed by atoms with Gasteiger partial charge in [-0.05, 0) is 18.2 Å². The van der Waals surface area contributed by atoms with Gasteiger partial charge in [0, 0.05) is 33.1 Å². The molecule has 2 rings (SSSR count). The summed E-state index contributed by atoms with van der Waals surface area (Å²) in [5.74, 6) is -0.127. The number of benzene rings is 1. The minimum Gasteiger partial charge on any atom is -0.508 e. The van der Waals surface area contributed by atoms with Crippen LogP contribution in [0.5, 0.6) is 5.75 Å². The van der Waals surface area contributed by atoms with Crippen LogP contribution < -0.4 is 0 Å². The van der Waals surface area contributed by atoms with E-state index in [0.717, 1.165) is 0 Å². The molecular weight excluding hydrogens is 268 g/mol. The number of hydrogen-bond donors (Lipinski definition) is 1. The molecule has 0 saturated carbocycles. The van der Waals surface area contributed by atoms with E-state index in [1.807, 2.05) is 0 Å². The maximum absolute atomic E-state index is 12.3. The van der Waals surface area contributed by atoms with Crippen molar-refractivity contribution in [2.45, 2.75) is 11.8 Å². The molecule has 1 aliphatic rings. The van der Waals surface area contributed by atoms with Crippen LogP contribution in [0.1, 0.15) is 6.92 Å². The van der Waals surface area contributed by atoms with Crippen LogP contribution in [0.15, 0.2) is 29.2 Å². The number of carbonyl (C=O) groups is 1. The van der Waals surface area contributed by atoms with E-state index >= 15 is 0 Å². The Bertz CT molecular complexity index is 577. The fourth-order valence-corrected chi connectivity index (χ4v) is 3.50. The lowest BCUT2D eigenvalue weighted by Crippen LogP contribution is -2.49. The molecule has 7 heteroatoms. The van der Waals surface area contributed by atoms with Gasteiger partial charge in [-0.3, -0.25) is 4.79 Å². The molecule has 1 saturated heterocycles. The fourth-order valence-electron chi connectivity index (χ4n) is 2.04. The molecule has 0 spiro atoms. The molecule has 1 amide bonds. The van der Waals surface area contributed by atoms with Crippen LogP contribution in [0.4, 0.5) is 0 Å². The van der Waals surface area contributed by atoms with Crippen molar-refractivity contribution in [1.82, 2.24) is 9.21 Å². The summed E-state index contributed by atoms with van der Waals surface area (Å²) in [6, 6.07) is 5.60. The van der Waals surface area contributed by atoms with Crippen LogP contribution in [-0.2, 0) is 14.8 Å². The SMILES string of the molecule is CC(=O)N1CCN(S(=O)(=O)c2cccc(O)c2)CC1. The lowest BCUT2D eigenvalue weighted by Gasteiger charge is -2.33. The van der Waals surface area contributed by atoms with Crippen LogP contribution >= 0.6 is 0 Å². The number of rotatable bonds is 2. The average Bonchev–Trinajstić information content (AvgIpc) is 2.39. The maximum atomic E-state index is 12.3. The molecule has 0 radical (unpaired) electrons. The predicted molar refractivity (Wildman–Crippen MR) is 69.1 cm³/mol. The zero-order chi connectivity index (χ0) is 14.0. The fraction of sp³-hybridized carbons (Fsp3) is 0.417. The smallest absolute Gasteiger partial charge is 0.243 e. The molecule has 1 fully saturated rings. The minimum atomic E-state index is -3.60. The van der Waals surface area contributed by atoms with Crippen molar-refractivity contribution in [2.24, 2.45) is 0 Å². The maximum Gasteiger partial charge on any atom is 0.243 e. The third kappa shape index (κ3) is 2.87. The van der Waals surface area contributed by atoms with Crippen LogP contribution in [0, 0.1) is 0 Å². The normalized spacial score (nSPS) is 17.4. The molecule has 1 aromatic rings. The van der Waals surface area contributed by atoms with Gasteiger partial charge >= 0.3 is 0 Å². The van der Waals surface area contributed by atoms with Gasteiger partial charge in [0.15, 0.2) is 0 Å². The van der Waals surface area contributed by atoms with E-state index in [2.05, 4.69) is 0 Å². The molecule has 0 atom stereocenters. The molecule has 19 heavy (non-hydrogen) atoms. The van der Waals surface area contributed by atoms with Gasteiger partial charge in [0.1, 0.15) is 5.75 Å². The van der Waals surface area contributed by atoms with Crippen LogP contribution in [0.2, 0.25) is 0 Å². The summed E-state index contributed by atoms with van der Waals surface area (Å²) in [4.78, 5) is 12.9. The number of sulfonamides is 1. The number of hydrogen-bond acceptors (Lipinski definition) is 4. The predicted octanol–water partition coefficient (Wildman–Crippen LogP) is 0.245. The Balaban J connectivity index is 2.16. The number of carbonyl (C=O) groups excluding carboxylic acids is 1. The number of piperazine rings is 1. The van der Waals surface area contributed by atoms with Gasteiger partial charge in [0.05, 0.1) is 4.90 Å². The first kappa shape index (κ1) is 13.8. The number of phenols is 1. The molecule has 0 bridgehead atoms. The van der Waals surface area contributed by atoms with Gasteiger partial charge in [-0.15, -0.1) is 0 Å². The molecule has 6 nitrogen and oxygen atoms in total.